The summed E-state index contributed by atoms with van der Waals surface area (Å²) >= 11 is 0. The van der Waals surface area contributed by atoms with Gasteiger partial charge in [0.2, 0.25) is 0 Å². The fourth-order valence-corrected chi connectivity index (χ4v) is 4.57. The molecule has 18 heavy (non-hydrogen) atoms. The van der Waals surface area contributed by atoms with Crippen LogP contribution in [0.2, 0.25) is 0 Å². The van der Waals surface area contributed by atoms with Gasteiger partial charge in [-0.15, -0.1) is 0 Å². The Bertz CT molecular complexity index is 378. The lowest BCUT2D eigenvalue weighted by Crippen LogP contribution is -2.43. The van der Waals surface area contributed by atoms with Crippen molar-refractivity contribution in [2.45, 2.75) is 52.6 Å². The molecular formula is C13H27NO3S. The number of hydrogen-bond donors (Lipinski definition) is 2. The van der Waals surface area contributed by atoms with Gasteiger partial charge in [0, 0.05) is 17.7 Å². The summed E-state index contributed by atoms with van der Waals surface area (Å²) in [6, 6.07) is 0. The minimum atomic E-state index is -2.99. The molecule has 1 aliphatic rings. The first-order chi connectivity index (χ1) is 8.19. The minimum Gasteiger partial charge on any atom is -0.392 e. The molecule has 0 spiro atoms. The van der Waals surface area contributed by atoms with Crippen molar-refractivity contribution in [2.75, 3.05) is 18.1 Å². The Labute approximate surface area is 111 Å². The molecule has 0 aromatic heterocycles. The number of aliphatic hydroxyl groups is 1. The van der Waals surface area contributed by atoms with Gasteiger partial charge in [0.05, 0.1) is 11.9 Å². The first kappa shape index (κ1) is 15.9. The largest absolute Gasteiger partial charge is 0.392 e. The zero-order valence-corrected chi connectivity index (χ0v) is 12.6. The van der Waals surface area contributed by atoms with Crippen LogP contribution in [0.1, 0.15) is 46.5 Å². The van der Waals surface area contributed by atoms with E-state index in [1.54, 1.807) is 0 Å². The topological polar surface area (TPSA) is 80.4 Å². The van der Waals surface area contributed by atoms with Crippen LogP contribution in [0, 0.1) is 10.8 Å². The van der Waals surface area contributed by atoms with Gasteiger partial charge in [0.1, 0.15) is 9.84 Å². The number of hydrogen-bond acceptors (Lipinski definition) is 4. The van der Waals surface area contributed by atoms with Crippen molar-refractivity contribution in [1.29, 1.82) is 0 Å². The smallest absolute Gasteiger partial charge is 0.150 e. The molecule has 1 fully saturated rings. The summed E-state index contributed by atoms with van der Waals surface area (Å²) in [6.07, 6.45) is 2.34. The van der Waals surface area contributed by atoms with E-state index in [0.29, 0.717) is 19.4 Å². The van der Waals surface area contributed by atoms with Gasteiger partial charge in [-0.3, -0.25) is 0 Å². The molecule has 5 heteroatoms. The zero-order chi connectivity index (χ0) is 14.0. The fourth-order valence-electron chi connectivity index (χ4n) is 3.02. The van der Waals surface area contributed by atoms with Gasteiger partial charge < -0.3 is 10.8 Å². The number of nitrogens with two attached hydrogens (primary N) is 1. The highest BCUT2D eigenvalue weighted by atomic mass is 32.2. The highest BCUT2D eigenvalue weighted by molar-refractivity contribution is 7.91. The van der Waals surface area contributed by atoms with Crippen LogP contribution in [0.4, 0.5) is 0 Å². The van der Waals surface area contributed by atoms with Gasteiger partial charge in [-0.05, 0) is 31.1 Å². The Morgan fingerprint density at radius 2 is 1.89 bits per heavy atom. The third-order valence-electron chi connectivity index (χ3n) is 4.42. The molecule has 0 saturated heterocycles. The van der Waals surface area contributed by atoms with Crippen molar-refractivity contribution in [2.24, 2.45) is 16.6 Å². The normalized spacial score (nSPS) is 31.7. The van der Waals surface area contributed by atoms with Crippen molar-refractivity contribution in [3.63, 3.8) is 0 Å². The summed E-state index contributed by atoms with van der Waals surface area (Å²) in [5.74, 6) is 0.373. The van der Waals surface area contributed by atoms with Crippen molar-refractivity contribution >= 4 is 9.84 Å². The Morgan fingerprint density at radius 3 is 2.28 bits per heavy atom. The second-order valence-corrected chi connectivity index (χ2v) is 8.66. The van der Waals surface area contributed by atoms with Gasteiger partial charge in [-0.25, -0.2) is 8.42 Å². The molecule has 1 aliphatic carbocycles. The van der Waals surface area contributed by atoms with Gasteiger partial charge >= 0.3 is 0 Å². The van der Waals surface area contributed by atoms with Crippen LogP contribution in [0.5, 0.6) is 0 Å². The maximum atomic E-state index is 11.8. The lowest BCUT2D eigenvalue weighted by molar-refractivity contribution is -0.00625. The summed E-state index contributed by atoms with van der Waals surface area (Å²) in [7, 11) is -2.99. The van der Waals surface area contributed by atoms with Crippen LogP contribution in [-0.2, 0) is 9.84 Å². The van der Waals surface area contributed by atoms with Crippen molar-refractivity contribution in [3.8, 4) is 0 Å². The Hall–Kier alpha value is -0.130. The van der Waals surface area contributed by atoms with E-state index in [1.807, 2.05) is 20.8 Å². The van der Waals surface area contributed by atoms with Gasteiger partial charge in [-0.2, -0.15) is 0 Å². The Morgan fingerprint density at radius 1 is 1.28 bits per heavy atom. The monoisotopic (exact) mass is 277 g/mol. The molecular weight excluding hydrogens is 250 g/mol. The highest BCUT2D eigenvalue weighted by Gasteiger charge is 2.50. The SMILES string of the molecule is CCCS(=O)(=O)CCC1(CN)CCC(C)(C)C1O. The van der Waals surface area contributed by atoms with E-state index in [2.05, 4.69) is 0 Å². The standard InChI is InChI=1S/C13H27NO3S/c1-4-8-18(16,17)9-7-13(10-14)6-5-12(2,3)11(13)15/h11,15H,4-10,14H2,1-3H3. The third-order valence-corrected chi connectivity index (χ3v) is 6.28. The number of rotatable bonds is 6. The van der Waals surface area contributed by atoms with Gasteiger partial charge in [0.25, 0.3) is 0 Å². The molecule has 0 aromatic rings. The highest BCUT2D eigenvalue weighted by Crippen LogP contribution is 2.50. The fraction of sp³-hybridized carbons (Fsp3) is 1.00. The maximum absolute atomic E-state index is 11.8. The lowest BCUT2D eigenvalue weighted by atomic mass is 9.76. The van der Waals surface area contributed by atoms with Crippen molar-refractivity contribution in [1.82, 2.24) is 0 Å². The molecule has 108 valence electrons. The van der Waals surface area contributed by atoms with Crippen LogP contribution in [0.15, 0.2) is 0 Å². The molecule has 0 heterocycles. The van der Waals surface area contributed by atoms with Crippen molar-refractivity contribution in [3.05, 3.63) is 0 Å². The number of aliphatic hydroxyl groups excluding tert-OH is 1. The first-order valence-electron chi connectivity index (χ1n) is 6.78. The van der Waals surface area contributed by atoms with Crippen LogP contribution in [0.25, 0.3) is 0 Å². The molecule has 1 rings (SSSR count). The molecule has 2 unspecified atom stereocenters. The number of sulfone groups is 1. The average Bonchev–Trinajstić information content (AvgIpc) is 2.50. The van der Waals surface area contributed by atoms with Crippen LogP contribution >= 0.6 is 0 Å². The van der Waals surface area contributed by atoms with E-state index in [0.717, 1.165) is 12.8 Å². The second-order valence-electron chi connectivity index (χ2n) is 6.36. The molecule has 2 atom stereocenters. The molecule has 0 aliphatic heterocycles. The molecule has 0 bridgehead atoms. The lowest BCUT2D eigenvalue weighted by Gasteiger charge is -2.35. The quantitative estimate of drug-likeness (QED) is 0.767. The molecule has 3 N–H and O–H groups in total. The molecule has 0 aromatic carbocycles. The Balaban J connectivity index is 2.75. The van der Waals surface area contributed by atoms with E-state index in [1.165, 1.54) is 0 Å². The Kier molecular flexibility index (Phi) is 4.84. The summed E-state index contributed by atoms with van der Waals surface area (Å²) in [5.41, 5.74) is 5.26. The van der Waals surface area contributed by atoms with E-state index in [9.17, 15) is 13.5 Å². The summed E-state index contributed by atoms with van der Waals surface area (Å²) in [4.78, 5) is 0. The first-order valence-corrected chi connectivity index (χ1v) is 8.60. The van der Waals surface area contributed by atoms with Gasteiger partial charge in [-0.1, -0.05) is 20.8 Å². The van der Waals surface area contributed by atoms with E-state index < -0.39 is 21.4 Å². The predicted molar refractivity (Wildman–Crippen MR) is 74.1 cm³/mol. The van der Waals surface area contributed by atoms with Crippen molar-refractivity contribution < 1.29 is 13.5 Å². The minimum absolute atomic E-state index is 0.144. The maximum Gasteiger partial charge on any atom is 0.150 e. The zero-order valence-electron chi connectivity index (χ0n) is 11.8. The van der Waals surface area contributed by atoms with Gasteiger partial charge in [0.15, 0.2) is 0 Å². The molecule has 0 radical (unpaired) electrons. The predicted octanol–water partition coefficient (Wildman–Crippen LogP) is 1.33. The van der Waals surface area contributed by atoms with E-state index in [4.69, 9.17) is 5.73 Å². The third kappa shape index (κ3) is 3.25. The molecule has 4 nitrogen and oxygen atoms in total. The summed E-state index contributed by atoms with van der Waals surface area (Å²) in [5, 5.41) is 10.4. The van der Waals surface area contributed by atoms with Crippen LogP contribution in [0.3, 0.4) is 0 Å². The van der Waals surface area contributed by atoms with Crippen LogP contribution in [-0.4, -0.2) is 37.7 Å². The summed E-state index contributed by atoms with van der Waals surface area (Å²) in [6.45, 7) is 6.27. The molecule has 0 amide bonds. The average molecular weight is 277 g/mol. The van der Waals surface area contributed by atoms with E-state index in [-0.39, 0.29) is 16.9 Å². The summed E-state index contributed by atoms with van der Waals surface area (Å²) < 4.78 is 23.6. The van der Waals surface area contributed by atoms with Crippen LogP contribution < -0.4 is 5.73 Å². The second kappa shape index (κ2) is 5.47. The van der Waals surface area contributed by atoms with E-state index >= 15 is 0 Å². The molecule has 1 saturated carbocycles.